The summed E-state index contributed by atoms with van der Waals surface area (Å²) in [5.74, 6) is -0.230. The highest BCUT2D eigenvalue weighted by Crippen LogP contribution is 2.38. The Morgan fingerprint density at radius 1 is 1.20 bits per heavy atom. The molecule has 35 heavy (non-hydrogen) atoms. The lowest BCUT2D eigenvalue weighted by Crippen LogP contribution is -2.47. The number of carbonyl (C=O) groups excluding carboxylic acids is 2. The van der Waals surface area contributed by atoms with Crippen molar-refractivity contribution in [2.45, 2.75) is 39.5 Å². The van der Waals surface area contributed by atoms with Crippen molar-refractivity contribution in [3.05, 3.63) is 59.8 Å². The van der Waals surface area contributed by atoms with Crippen molar-refractivity contribution in [1.29, 1.82) is 0 Å². The number of ether oxygens (including phenoxy) is 1. The molecule has 3 atom stereocenters. The zero-order chi connectivity index (χ0) is 25.3. The molecule has 1 aliphatic heterocycles. The predicted molar refractivity (Wildman–Crippen MR) is 137 cm³/mol. The van der Waals surface area contributed by atoms with Crippen molar-refractivity contribution in [2.75, 3.05) is 26.7 Å². The summed E-state index contributed by atoms with van der Waals surface area (Å²) in [5.41, 5.74) is 4.41. The number of hydrogen-bond acceptors (Lipinski definition) is 4. The lowest BCUT2D eigenvalue weighted by atomic mass is 9.96. The van der Waals surface area contributed by atoms with Gasteiger partial charge < -0.3 is 24.2 Å². The second-order valence-corrected chi connectivity index (χ2v) is 9.67. The Balaban J connectivity index is 1.93. The monoisotopic (exact) mass is 477 g/mol. The highest BCUT2D eigenvalue weighted by atomic mass is 16.5. The summed E-state index contributed by atoms with van der Waals surface area (Å²) in [4.78, 5) is 29.6. The minimum atomic E-state index is -0.377. The number of carbonyl (C=O) groups is 2. The third kappa shape index (κ3) is 4.70. The largest absolute Gasteiger partial charge is 0.394 e. The van der Waals surface area contributed by atoms with Crippen molar-refractivity contribution in [3.8, 4) is 11.1 Å². The first kappa shape index (κ1) is 24.9. The number of nitrogens with zero attached hydrogens (tertiary/aromatic N) is 3. The standard InChI is InChI=1S/C28H35N3O4/c1-18-14-31(19(2)16-32)28(34)27-26(23-12-8-9-13-24(23)30(27)5)22-11-7-6-10-21(22)17-35-25(18)15-29(4)20(3)33/h6-13,18-19,25,32H,14-17H2,1-5H3/t18-,19-,25+/m0/s1. The smallest absolute Gasteiger partial charge is 0.271 e. The van der Waals surface area contributed by atoms with Gasteiger partial charge in [-0.15, -0.1) is 0 Å². The van der Waals surface area contributed by atoms with Crippen molar-refractivity contribution in [3.63, 3.8) is 0 Å². The van der Waals surface area contributed by atoms with Crippen LogP contribution in [0.4, 0.5) is 0 Å². The topological polar surface area (TPSA) is 75.0 Å². The van der Waals surface area contributed by atoms with Gasteiger partial charge in [-0.05, 0) is 24.1 Å². The number of fused-ring (bicyclic) bond motifs is 5. The molecule has 0 aliphatic carbocycles. The van der Waals surface area contributed by atoms with E-state index in [0.717, 1.165) is 27.6 Å². The molecule has 3 aromatic rings. The summed E-state index contributed by atoms with van der Waals surface area (Å²) in [6, 6.07) is 15.7. The van der Waals surface area contributed by atoms with Crippen LogP contribution in [0.1, 0.15) is 36.8 Å². The number of hydrogen-bond donors (Lipinski definition) is 1. The Hall–Kier alpha value is -3.16. The molecular formula is C28H35N3O4. The summed E-state index contributed by atoms with van der Waals surface area (Å²) in [6.45, 7) is 6.47. The molecule has 0 fully saturated rings. The predicted octanol–water partition coefficient (Wildman–Crippen LogP) is 3.68. The Bertz CT molecular complexity index is 1230. The van der Waals surface area contributed by atoms with Gasteiger partial charge in [0.15, 0.2) is 0 Å². The number of amides is 2. The molecule has 1 N–H and O–H groups in total. The van der Waals surface area contributed by atoms with Crippen LogP contribution in [0.2, 0.25) is 0 Å². The molecule has 1 aromatic heterocycles. The maximum Gasteiger partial charge on any atom is 0.271 e. The van der Waals surface area contributed by atoms with E-state index in [1.807, 2.05) is 74.0 Å². The molecule has 0 bridgehead atoms. The van der Waals surface area contributed by atoms with Gasteiger partial charge in [0.2, 0.25) is 5.91 Å². The third-order valence-electron chi connectivity index (χ3n) is 7.22. The van der Waals surface area contributed by atoms with Crippen LogP contribution in [0.25, 0.3) is 22.0 Å². The summed E-state index contributed by atoms with van der Waals surface area (Å²) < 4.78 is 8.43. The van der Waals surface area contributed by atoms with Gasteiger partial charge in [-0.25, -0.2) is 0 Å². The molecule has 0 saturated carbocycles. The highest BCUT2D eigenvalue weighted by molar-refractivity contribution is 6.10. The van der Waals surface area contributed by atoms with Crippen molar-refractivity contribution < 1.29 is 19.4 Å². The molecule has 1 aliphatic rings. The molecule has 2 heterocycles. The number of rotatable bonds is 4. The molecule has 7 heteroatoms. The minimum Gasteiger partial charge on any atom is -0.394 e. The van der Waals surface area contributed by atoms with Gasteiger partial charge in [-0.3, -0.25) is 9.59 Å². The van der Waals surface area contributed by atoms with Crippen LogP contribution in [-0.4, -0.2) is 70.2 Å². The number of aryl methyl sites for hydroxylation is 1. The van der Waals surface area contributed by atoms with E-state index in [-0.39, 0.29) is 36.5 Å². The highest BCUT2D eigenvalue weighted by Gasteiger charge is 2.33. The van der Waals surface area contributed by atoms with E-state index in [2.05, 4.69) is 0 Å². The zero-order valence-corrected chi connectivity index (χ0v) is 21.2. The lowest BCUT2D eigenvalue weighted by Gasteiger charge is -2.35. The van der Waals surface area contributed by atoms with E-state index in [4.69, 9.17) is 4.74 Å². The maximum atomic E-state index is 14.2. The van der Waals surface area contributed by atoms with E-state index < -0.39 is 0 Å². The van der Waals surface area contributed by atoms with Gasteiger partial charge in [0, 0.05) is 56.5 Å². The van der Waals surface area contributed by atoms with Gasteiger partial charge >= 0.3 is 0 Å². The normalized spacial score (nSPS) is 19.6. The number of aliphatic hydroxyl groups is 1. The molecule has 4 rings (SSSR count). The van der Waals surface area contributed by atoms with Crippen molar-refractivity contribution in [1.82, 2.24) is 14.4 Å². The molecule has 7 nitrogen and oxygen atoms in total. The van der Waals surface area contributed by atoms with Crippen LogP contribution in [0.5, 0.6) is 0 Å². The van der Waals surface area contributed by atoms with Gasteiger partial charge in [-0.1, -0.05) is 49.4 Å². The van der Waals surface area contributed by atoms with E-state index in [0.29, 0.717) is 25.4 Å². The lowest BCUT2D eigenvalue weighted by molar-refractivity contribution is -0.130. The van der Waals surface area contributed by atoms with Gasteiger partial charge in [0.1, 0.15) is 5.69 Å². The average Bonchev–Trinajstić information content (AvgIpc) is 3.15. The van der Waals surface area contributed by atoms with Crippen molar-refractivity contribution >= 4 is 22.7 Å². The van der Waals surface area contributed by atoms with E-state index >= 15 is 0 Å². The Morgan fingerprint density at radius 2 is 1.89 bits per heavy atom. The quantitative estimate of drug-likeness (QED) is 0.622. The molecule has 2 aromatic carbocycles. The van der Waals surface area contributed by atoms with Crippen LogP contribution in [0.3, 0.4) is 0 Å². The Labute approximate surface area is 206 Å². The fraction of sp³-hybridized carbons (Fsp3) is 0.429. The molecule has 2 amide bonds. The van der Waals surface area contributed by atoms with Crippen LogP contribution < -0.4 is 0 Å². The molecule has 0 unspecified atom stereocenters. The summed E-state index contributed by atoms with van der Waals surface area (Å²) >= 11 is 0. The molecule has 186 valence electrons. The molecule has 0 spiro atoms. The summed E-state index contributed by atoms with van der Waals surface area (Å²) in [7, 11) is 3.69. The fourth-order valence-electron chi connectivity index (χ4n) is 4.92. The summed E-state index contributed by atoms with van der Waals surface area (Å²) in [5, 5.41) is 11.1. The molecule has 0 radical (unpaired) electrons. The Morgan fingerprint density at radius 3 is 2.60 bits per heavy atom. The number of aromatic nitrogens is 1. The SMILES string of the molecule is CC(=O)N(C)C[C@H]1OCc2ccccc2-c2c(n(C)c3ccccc23)C(=O)N([C@@H](C)CO)C[C@@H]1C. The zero-order valence-electron chi connectivity index (χ0n) is 21.2. The van der Waals surface area contributed by atoms with Crippen molar-refractivity contribution in [2.24, 2.45) is 13.0 Å². The van der Waals surface area contributed by atoms with E-state index in [9.17, 15) is 14.7 Å². The van der Waals surface area contributed by atoms with Crippen LogP contribution in [-0.2, 0) is 23.2 Å². The molecule has 0 saturated heterocycles. The first-order valence-corrected chi connectivity index (χ1v) is 12.1. The van der Waals surface area contributed by atoms with Crippen LogP contribution in [0, 0.1) is 5.92 Å². The second kappa shape index (κ2) is 10.2. The van der Waals surface area contributed by atoms with Gasteiger partial charge in [-0.2, -0.15) is 0 Å². The third-order valence-corrected chi connectivity index (χ3v) is 7.22. The van der Waals surface area contributed by atoms with E-state index in [1.54, 1.807) is 16.8 Å². The number of aliphatic hydroxyl groups excluding tert-OH is 1. The summed E-state index contributed by atoms with van der Waals surface area (Å²) in [6.07, 6.45) is -0.281. The second-order valence-electron chi connectivity index (χ2n) is 9.67. The fourth-order valence-corrected chi connectivity index (χ4v) is 4.92. The minimum absolute atomic E-state index is 0.0361. The van der Waals surface area contributed by atoms with Gasteiger partial charge in [0.25, 0.3) is 5.91 Å². The number of likely N-dealkylation sites (N-methyl/N-ethyl adjacent to an activating group) is 1. The van der Waals surface area contributed by atoms with E-state index in [1.165, 1.54) is 6.92 Å². The maximum absolute atomic E-state index is 14.2. The van der Waals surface area contributed by atoms with Crippen LogP contribution >= 0.6 is 0 Å². The first-order valence-electron chi connectivity index (χ1n) is 12.1. The Kier molecular flexibility index (Phi) is 7.28. The molecular weight excluding hydrogens is 442 g/mol. The number of benzene rings is 2. The number of para-hydroxylation sites is 1. The van der Waals surface area contributed by atoms with Gasteiger partial charge in [0.05, 0.1) is 25.4 Å². The average molecular weight is 478 g/mol. The first-order chi connectivity index (χ1) is 16.7. The van der Waals surface area contributed by atoms with Crippen LogP contribution in [0.15, 0.2) is 48.5 Å².